The molecule has 0 spiro atoms. The summed E-state index contributed by atoms with van der Waals surface area (Å²) in [5.74, 6) is 0.454. The first-order chi connectivity index (χ1) is 15.3. The van der Waals surface area contributed by atoms with Gasteiger partial charge in [-0.3, -0.25) is 4.79 Å². The van der Waals surface area contributed by atoms with Gasteiger partial charge in [-0.25, -0.2) is 13.1 Å². The van der Waals surface area contributed by atoms with Gasteiger partial charge in [-0.2, -0.15) is 0 Å². The van der Waals surface area contributed by atoms with E-state index in [-0.39, 0.29) is 27.9 Å². The van der Waals surface area contributed by atoms with Crippen LogP contribution in [0.25, 0.3) is 0 Å². The molecule has 0 aromatic heterocycles. The molecule has 3 aromatic rings. The highest BCUT2D eigenvalue weighted by Crippen LogP contribution is 2.24. The molecule has 168 valence electrons. The Bertz CT molecular complexity index is 1170. The number of halogens is 1. The predicted octanol–water partition coefficient (Wildman–Crippen LogP) is 4.49. The molecule has 0 atom stereocenters. The predicted molar refractivity (Wildman–Crippen MR) is 125 cm³/mol. The molecule has 32 heavy (non-hydrogen) atoms. The van der Waals surface area contributed by atoms with E-state index in [0.29, 0.717) is 13.2 Å². The molecular formula is C24H25ClN2O4S. The smallest absolute Gasteiger partial charge is 0.253 e. The summed E-state index contributed by atoms with van der Waals surface area (Å²) >= 11 is 6.16. The Kier molecular flexibility index (Phi) is 7.90. The normalized spacial score (nSPS) is 11.2. The summed E-state index contributed by atoms with van der Waals surface area (Å²) in [5.41, 5.74) is 1.98. The number of hydrogen-bond donors (Lipinski definition) is 1. The summed E-state index contributed by atoms with van der Waals surface area (Å²) in [7, 11) is -2.24. The summed E-state index contributed by atoms with van der Waals surface area (Å²) in [6.07, 6.45) is 0. The van der Waals surface area contributed by atoms with Gasteiger partial charge in [-0.15, -0.1) is 0 Å². The molecule has 0 aliphatic heterocycles. The molecule has 3 aromatic carbocycles. The van der Waals surface area contributed by atoms with Crippen molar-refractivity contribution in [3.05, 3.63) is 94.5 Å². The minimum atomic E-state index is -3.91. The number of ether oxygens (including phenoxy) is 1. The van der Waals surface area contributed by atoms with Crippen molar-refractivity contribution < 1.29 is 17.9 Å². The van der Waals surface area contributed by atoms with E-state index in [4.69, 9.17) is 16.3 Å². The van der Waals surface area contributed by atoms with Gasteiger partial charge in [0, 0.05) is 25.7 Å². The molecule has 1 amide bonds. The number of carbonyl (C=O) groups is 1. The minimum Gasteiger partial charge on any atom is -0.494 e. The van der Waals surface area contributed by atoms with Crippen molar-refractivity contribution in [3.63, 3.8) is 0 Å². The maximum absolute atomic E-state index is 12.9. The number of benzene rings is 3. The number of hydrogen-bond acceptors (Lipinski definition) is 4. The summed E-state index contributed by atoms with van der Waals surface area (Å²) in [4.78, 5) is 14.3. The Labute approximate surface area is 193 Å². The zero-order valence-electron chi connectivity index (χ0n) is 17.9. The summed E-state index contributed by atoms with van der Waals surface area (Å²) in [5, 5.41) is 0.0521. The Hall–Kier alpha value is -2.87. The number of rotatable bonds is 9. The number of carbonyl (C=O) groups excluding carboxylic acids is 1. The van der Waals surface area contributed by atoms with Crippen molar-refractivity contribution in [1.29, 1.82) is 0 Å². The Morgan fingerprint density at radius 1 is 1.00 bits per heavy atom. The van der Waals surface area contributed by atoms with Gasteiger partial charge in [-0.1, -0.05) is 54.1 Å². The third kappa shape index (κ3) is 6.09. The van der Waals surface area contributed by atoms with Crippen molar-refractivity contribution in [3.8, 4) is 5.75 Å². The first-order valence-corrected chi connectivity index (χ1v) is 12.0. The molecule has 0 saturated heterocycles. The first-order valence-electron chi connectivity index (χ1n) is 10.1. The second-order valence-electron chi connectivity index (χ2n) is 7.19. The van der Waals surface area contributed by atoms with E-state index in [1.165, 1.54) is 23.1 Å². The molecule has 8 heteroatoms. The van der Waals surface area contributed by atoms with Crippen LogP contribution in [0, 0.1) is 0 Å². The number of amides is 1. The van der Waals surface area contributed by atoms with Gasteiger partial charge in [-0.05, 0) is 48.4 Å². The third-order valence-corrected chi connectivity index (χ3v) is 6.66. The molecule has 0 heterocycles. The summed E-state index contributed by atoms with van der Waals surface area (Å²) in [6, 6.07) is 20.9. The number of nitrogens with one attached hydrogen (secondary N) is 1. The van der Waals surface area contributed by atoms with Crippen LogP contribution in [0.3, 0.4) is 0 Å². The van der Waals surface area contributed by atoms with Crippen LogP contribution in [0.15, 0.2) is 77.7 Å². The van der Waals surface area contributed by atoms with E-state index < -0.39 is 10.0 Å². The molecule has 3 rings (SSSR count). The topological polar surface area (TPSA) is 75.7 Å². The lowest BCUT2D eigenvalue weighted by Crippen LogP contribution is -2.27. The lowest BCUT2D eigenvalue weighted by atomic mass is 10.1. The molecule has 0 fully saturated rings. The summed E-state index contributed by atoms with van der Waals surface area (Å²) < 4.78 is 33.6. The fraction of sp³-hybridized carbons (Fsp3) is 0.208. The van der Waals surface area contributed by atoms with Crippen LogP contribution in [-0.2, 0) is 23.1 Å². The molecule has 0 aliphatic rings. The average molecular weight is 473 g/mol. The van der Waals surface area contributed by atoms with Gasteiger partial charge in [0.05, 0.1) is 11.6 Å². The molecular weight excluding hydrogens is 448 g/mol. The minimum absolute atomic E-state index is 0.0521. The maximum atomic E-state index is 12.9. The van der Waals surface area contributed by atoms with E-state index in [1.807, 2.05) is 61.5 Å². The second kappa shape index (κ2) is 10.6. The van der Waals surface area contributed by atoms with E-state index in [9.17, 15) is 13.2 Å². The fourth-order valence-electron chi connectivity index (χ4n) is 3.12. The molecule has 1 N–H and O–H groups in total. The molecule has 6 nitrogen and oxygen atoms in total. The van der Waals surface area contributed by atoms with Crippen molar-refractivity contribution in [2.45, 2.75) is 24.9 Å². The van der Waals surface area contributed by atoms with Gasteiger partial charge < -0.3 is 9.64 Å². The van der Waals surface area contributed by atoms with E-state index in [0.717, 1.165) is 16.9 Å². The van der Waals surface area contributed by atoms with Crippen LogP contribution in [-0.4, -0.2) is 32.9 Å². The van der Waals surface area contributed by atoms with Crippen molar-refractivity contribution in [1.82, 2.24) is 9.62 Å². The van der Waals surface area contributed by atoms with Crippen LogP contribution in [0.1, 0.15) is 28.4 Å². The van der Waals surface area contributed by atoms with E-state index in [1.54, 1.807) is 7.05 Å². The van der Waals surface area contributed by atoms with Crippen molar-refractivity contribution in [2.24, 2.45) is 0 Å². The standard InChI is InChI=1S/C24H25ClN2O4S/c1-3-31-21-12-9-19(10-13-21)17-27(2)24(28)20-11-14-22(25)23(15-20)32(29,30)26-16-18-7-5-4-6-8-18/h4-15,26H,3,16-17H2,1-2H3. The molecule has 0 aliphatic carbocycles. The van der Waals surface area contributed by atoms with Crippen LogP contribution in [0.2, 0.25) is 5.02 Å². The monoisotopic (exact) mass is 472 g/mol. The van der Waals surface area contributed by atoms with Crippen LogP contribution in [0.4, 0.5) is 0 Å². The van der Waals surface area contributed by atoms with Crippen molar-refractivity contribution >= 4 is 27.5 Å². The first kappa shape index (κ1) is 23.8. The van der Waals surface area contributed by atoms with Gasteiger partial charge in [0.1, 0.15) is 10.6 Å². The summed E-state index contributed by atoms with van der Waals surface area (Å²) in [6.45, 7) is 2.98. The molecule has 0 bridgehead atoms. The van der Waals surface area contributed by atoms with Crippen LogP contribution >= 0.6 is 11.6 Å². The van der Waals surface area contributed by atoms with Crippen LogP contribution < -0.4 is 9.46 Å². The van der Waals surface area contributed by atoms with E-state index >= 15 is 0 Å². The largest absolute Gasteiger partial charge is 0.494 e. The zero-order chi connectivity index (χ0) is 23.1. The zero-order valence-corrected chi connectivity index (χ0v) is 19.5. The lowest BCUT2D eigenvalue weighted by Gasteiger charge is -2.18. The molecule has 0 radical (unpaired) electrons. The molecule has 0 saturated carbocycles. The lowest BCUT2D eigenvalue weighted by molar-refractivity contribution is 0.0785. The highest BCUT2D eigenvalue weighted by atomic mass is 35.5. The average Bonchev–Trinajstić information content (AvgIpc) is 2.79. The second-order valence-corrected chi connectivity index (χ2v) is 9.34. The SMILES string of the molecule is CCOc1ccc(CN(C)C(=O)c2ccc(Cl)c(S(=O)(=O)NCc3ccccc3)c2)cc1. The third-order valence-electron chi connectivity index (χ3n) is 4.78. The number of nitrogens with zero attached hydrogens (tertiary/aromatic N) is 1. The van der Waals surface area contributed by atoms with E-state index in [2.05, 4.69) is 4.72 Å². The Balaban J connectivity index is 1.73. The van der Waals surface area contributed by atoms with Gasteiger partial charge >= 0.3 is 0 Å². The number of sulfonamides is 1. The maximum Gasteiger partial charge on any atom is 0.253 e. The fourth-order valence-corrected chi connectivity index (χ4v) is 4.66. The van der Waals surface area contributed by atoms with Gasteiger partial charge in [0.25, 0.3) is 5.91 Å². The quantitative estimate of drug-likeness (QED) is 0.498. The van der Waals surface area contributed by atoms with Crippen LogP contribution in [0.5, 0.6) is 5.75 Å². The van der Waals surface area contributed by atoms with Crippen molar-refractivity contribution in [2.75, 3.05) is 13.7 Å². The van der Waals surface area contributed by atoms with Gasteiger partial charge in [0.2, 0.25) is 10.0 Å². The molecule has 0 unspecified atom stereocenters. The van der Waals surface area contributed by atoms with Gasteiger partial charge in [0.15, 0.2) is 0 Å². The highest BCUT2D eigenvalue weighted by Gasteiger charge is 2.21. The highest BCUT2D eigenvalue weighted by molar-refractivity contribution is 7.89. The Morgan fingerprint density at radius 3 is 2.34 bits per heavy atom. The Morgan fingerprint density at radius 2 is 1.69 bits per heavy atom.